The zero-order valence-corrected chi connectivity index (χ0v) is 8.99. The highest BCUT2D eigenvalue weighted by Crippen LogP contribution is 2.28. The number of para-hydroxylation sites is 1. The quantitative estimate of drug-likeness (QED) is 0.661. The van der Waals surface area contributed by atoms with E-state index < -0.39 is 0 Å². The van der Waals surface area contributed by atoms with Gasteiger partial charge in [-0.15, -0.1) is 0 Å². The molecule has 1 aromatic rings. The summed E-state index contributed by atoms with van der Waals surface area (Å²) in [6.45, 7) is 7.40. The number of amidine groups is 1. The molecule has 0 radical (unpaired) electrons. The van der Waals surface area contributed by atoms with E-state index in [0.29, 0.717) is 0 Å². The van der Waals surface area contributed by atoms with Crippen molar-refractivity contribution in [2.75, 3.05) is 11.4 Å². The van der Waals surface area contributed by atoms with E-state index in [1.807, 2.05) is 6.07 Å². The first-order chi connectivity index (χ1) is 6.61. The smallest absolute Gasteiger partial charge is 0.101 e. The molecule has 0 saturated heterocycles. The van der Waals surface area contributed by atoms with Gasteiger partial charge in [0.1, 0.15) is 5.84 Å². The van der Waals surface area contributed by atoms with Crippen molar-refractivity contribution in [2.24, 2.45) is 4.99 Å². The van der Waals surface area contributed by atoms with Crippen molar-refractivity contribution < 1.29 is 0 Å². The van der Waals surface area contributed by atoms with Gasteiger partial charge < -0.3 is 4.90 Å². The summed E-state index contributed by atoms with van der Waals surface area (Å²) >= 11 is 0. The Kier molecular flexibility index (Phi) is 2.06. The summed E-state index contributed by atoms with van der Waals surface area (Å²) < 4.78 is 0. The van der Waals surface area contributed by atoms with Gasteiger partial charge >= 0.3 is 0 Å². The summed E-state index contributed by atoms with van der Waals surface area (Å²) in [5.41, 5.74) is 1.35. The Bertz CT molecular complexity index is 352. The number of hydrogen-bond donors (Lipinski definition) is 0. The van der Waals surface area contributed by atoms with Crippen LogP contribution in [-0.4, -0.2) is 17.9 Å². The van der Waals surface area contributed by atoms with Gasteiger partial charge in [-0.1, -0.05) is 18.2 Å². The molecule has 74 valence electrons. The monoisotopic (exact) mass is 188 g/mol. The molecule has 1 aliphatic rings. The van der Waals surface area contributed by atoms with Crippen molar-refractivity contribution in [3.05, 3.63) is 30.3 Å². The van der Waals surface area contributed by atoms with Crippen molar-refractivity contribution in [1.29, 1.82) is 0 Å². The van der Waals surface area contributed by atoms with Gasteiger partial charge in [-0.2, -0.15) is 0 Å². The molecule has 1 heterocycles. The predicted octanol–water partition coefficient (Wildman–Crippen LogP) is 2.70. The summed E-state index contributed by atoms with van der Waals surface area (Å²) in [6, 6.07) is 10.4. The molecule has 2 heteroatoms. The number of rotatable bonds is 1. The average Bonchev–Trinajstić information content (AvgIpc) is 2.42. The van der Waals surface area contributed by atoms with Gasteiger partial charge in [-0.3, -0.25) is 4.99 Å². The maximum absolute atomic E-state index is 4.49. The Morgan fingerprint density at radius 3 is 2.36 bits per heavy atom. The third-order valence-electron chi connectivity index (χ3n) is 2.64. The van der Waals surface area contributed by atoms with E-state index in [1.165, 1.54) is 5.69 Å². The highest BCUT2D eigenvalue weighted by atomic mass is 15.3. The first-order valence-corrected chi connectivity index (χ1v) is 4.97. The Labute approximate surface area is 85.3 Å². The van der Waals surface area contributed by atoms with E-state index in [4.69, 9.17) is 0 Å². The summed E-state index contributed by atoms with van der Waals surface area (Å²) in [5.74, 6) is 1.11. The molecule has 0 unspecified atom stereocenters. The van der Waals surface area contributed by atoms with Gasteiger partial charge in [-0.05, 0) is 32.9 Å². The highest BCUT2D eigenvalue weighted by molar-refractivity contribution is 5.99. The van der Waals surface area contributed by atoms with Crippen molar-refractivity contribution in [1.82, 2.24) is 0 Å². The topological polar surface area (TPSA) is 15.6 Å². The van der Waals surface area contributed by atoms with Crippen molar-refractivity contribution in [3.63, 3.8) is 0 Å². The van der Waals surface area contributed by atoms with Gasteiger partial charge in [0.05, 0.1) is 12.1 Å². The van der Waals surface area contributed by atoms with E-state index in [2.05, 4.69) is 54.9 Å². The zero-order chi connectivity index (χ0) is 10.2. The van der Waals surface area contributed by atoms with Crippen molar-refractivity contribution in [3.8, 4) is 0 Å². The van der Waals surface area contributed by atoms with Crippen LogP contribution in [0.3, 0.4) is 0 Å². The lowest BCUT2D eigenvalue weighted by Crippen LogP contribution is -2.43. The minimum Gasteiger partial charge on any atom is -0.323 e. The molecule has 1 aliphatic heterocycles. The second kappa shape index (κ2) is 3.12. The average molecular weight is 188 g/mol. The fraction of sp³-hybridized carbons (Fsp3) is 0.417. The molecule has 1 aromatic carbocycles. The number of hydrogen-bond acceptors (Lipinski definition) is 2. The molecule has 0 N–H and O–H groups in total. The third-order valence-corrected chi connectivity index (χ3v) is 2.64. The van der Waals surface area contributed by atoms with Gasteiger partial charge in [-0.25, -0.2) is 0 Å². The molecular formula is C12H16N2. The zero-order valence-electron chi connectivity index (χ0n) is 8.99. The van der Waals surface area contributed by atoms with Crippen LogP contribution in [0, 0.1) is 0 Å². The number of benzene rings is 1. The molecule has 0 aromatic heterocycles. The molecule has 0 fully saturated rings. The largest absolute Gasteiger partial charge is 0.323 e. The Morgan fingerprint density at radius 2 is 1.86 bits per heavy atom. The lowest BCUT2D eigenvalue weighted by atomic mass is 10.0. The second-order valence-electron chi connectivity index (χ2n) is 4.35. The van der Waals surface area contributed by atoms with Gasteiger partial charge in [0.15, 0.2) is 0 Å². The molecule has 0 aliphatic carbocycles. The van der Waals surface area contributed by atoms with Gasteiger partial charge in [0, 0.05) is 5.69 Å². The standard InChI is InChI=1S/C12H16N2/c1-10-13-9-12(2,3)14(10)11-7-5-4-6-8-11/h4-8H,9H2,1-3H3. The van der Waals surface area contributed by atoms with Crippen LogP contribution >= 0.6 is 0 Å². The highest BCUT2D eigenvalue weighted by Gasteiger charge is 2.33. The lowest BCUT2D eigenvalue weighted by molar-refractivity contribution is 0.557. The third kappa shape index (κ3) is 1.41. The molecule has 0 saturated carbocycles. The van der Waals surface area contributed by atoms with Crippen LogP contribution in [0.5, 0.6) is 0 Å². The maximum atomic E-state index is 4.49. The van der Waals surface area contributed by atoms with Crippen LogP contribution < -0.4 is 4.90 Å². The molecule has 0 spiro atoms. The van der Waals surface area contributed by atoms with Crippen molar-refractivity contribution in [2.45, 2.75) is 26.3 Å². The van der Waals surface area contributed by atoms with Crippen LogP contribution in [0.15, 0.2) is 35.3 Å². The van der Waals surface area contributed by atoms with Crippen LogP contribution in [0.25, 0.3) is 0 Å². The van der Waals surface area contributed by atoms with E-state index in [1.54, 1.807) is 0 Å². The number of nitrogens with zero attached hydrogens (tertiary/aromatic N) is 2. The fourth-order valence-corrected chi connectivity index (χ4v) is 2.00. The molecule has 0 bridgehead atoms. The van der Waals surface area contributed by atoms with Crippen LogP contribution in [0.2, 0.25) is 0 Å². The summed E-state index contributed by atoms with van der Waals surface area (Å²) in [5, 5.41) is 0. The fourth-order valence-electron chi connectivity index (χ4n) is 2.00. The van der Waals surface area contributed by atoms with Gasteiger partial charge in [0.2, 0.25) is 0 Å². The van der Waals surface area contributed by atoms with E-state index in [9.17, 15) is 0 Å². The van der Waals surface area contributed by atoms with E-state index in [-0.39, 0.29) is 5.54 Å². The molecule has 0 atom stereocenters. The Balaban J connectivity index is 2.39. The minimum absolute atomic E-state index is 0.117. The van der Waals surface area contributed by atoms with Gasteiger partial charge in [0.25, 0.3) is 0 Å². The summed E-state index contributed by atoms with van der Waals surface area (Å²) in [7, 11) is 0. The SMILES string of the molecule is CC1=NCC(C)(C)N1c1ccccc1. The normalized spacial score (nSPS) is 19.6. The molecule has 2 rings (SSSR count). The Hall–Kier alpha value is -1.31. The summed E-state index contributed by atoms with van der Waals surface area (Å²) in [4.78, 5) is 6.79. The number of aliphatic imine (C=N–C) groups is 1. The van der Waals surface area contributed by atoms with Crippen LogP contribution in [0.1, 0.15) is 20.8 Å². The number of anilines is 1. The van der Waals surface area contributed by atoms with Crippen LogP contribution in [-0.2, 0) is 0 Å². The molecule has 2 nitrogen and oxygen atoms in total. The second-order valence-corrected chi connectivity index (χ2v) is 4.35. The first kappa shape index (κ1) is 9.25. The molecule has 14 heavy (non-hydrogen) atoms. The predicted molar refractivity (Wildman–Crippen MR) is 61.0 cm³/mol. The minimum atomic E-state index is 0.117. The van der Waals surface area contributed by atoms with E-state index in [0.717, 1.165) is 12.4 Å². The lowest BCUT2D eigenvalue weighted by Gasteiger charge is -2.33. The van der Waals surface area contributed by atoms with E-state index >= 15 is 0 Å². The first-order valence-electron chi connectivity index (χ1n) is 4.97. The molecular weight excluding hydrogens is 172 g/mol. The Morgan fingerprint density at radius 1 is 1.21 bits per heavy atom. The maximum Gasteiger partial charge on any atom is 0.101 e. The molecule has 0 amide bonds. The van der Waals surface area contributed by atoms with Crippen molar-refractivity contribution >= 4 is 11.5 Å². The summed E-state index contributed by atoms with van der Waals surface area (Å²) in [6.07, 6.45) is 0. The van der Waals surface area contributed by atoms with Crippen LogP contribution in [0.4, 0.5) is 5.69 Å².